The van der Waals surface area contributed by atoms with Crippen molar-refractivity contribution in [2.45, 2.75) is 26.9 Å². The van der Waals surface area contributed by atoms with Gasteiger partial charge in [0.1, 0.15) is 4.49 Å². The molecule has 0 aliphatic heterocycles. The average Bonchev–Trinajstić information content (AvgIpc) is 3.01. The Hall–Kier alpha value is -1.31. The summed E-state index contributed by atoms with van der Waals surface area (Å²) in [4.78, 5) is 11.9. The van der Waals surface area contributed by atoms with E-state index in [1.165, 1.54) is 6.08 Å². The highest BCUT2D eigenvalue weighted by atomic mass is 35.5. The van der Waals surface area contributed by atoms with Gasteiger partial charge in [-0.15, -0.1) is 0 Å². The molecule has 0 radical (unpaired) electrons. The molecule has 0 saturated heterocycles. The quantitative estimate of drug-likeness (QED) is 0.527. The number of hydrogen-bond acceptors (Lipinski definition) is 2. The molecule has 1 aromatic carbocycles. The van der Waals surface area contributed by atoms with Crippen LogP contribution in [0.25, 0.3) is 0 Å². The number of carbonyl (C=O) groups is 1. The minimum Gasteiger partial charge on any atom is -0.481 e. The highest BCUT2D eigenvalue weighted by Gasteiger charge is 2.75. The molecule has 1 N–H and O–H groups in total. The Kier molecular flexibility index (Phi) is 5.67. The summed E-state index contributed by atoms with van der Waals surface area (Å²) in [6.07, 6.45) is 0.482. The van der Waals surface area contributed by atoms with Gasteiger partial charge in [0, 0.05) is 18.6 Å². The number of carboxylic acids is 1. The molecule has 9 heteroatoms. The van der Waals surface area contributed by atoms with Gasteiger partial charge in [-0.3, -0.25) is 4.79 Å². The predicted molar refractivity (Wildman–Crippen MR) is 87.8 cm³/mol. The number of carboxylic acid groups (broad SMARTS) is 1. The van der Waals surface area contributed by atoms with Crippen molar-refractivity contribution in [1.29, 1.82) is 0 Å². The molecule has 1 aliphatic rings. The molecule has 0 spiro atoms. The van der Waals surface area contributed by atoms with Crippen LogP contribution in [0.4, 0.5) is 17.6 Å². The van der Waals surface area contributed by atoms with E-state index in [1.807, 2.05) is 0 Å². The van der Waals surface area contributed by atoms with Crippen molar-refractivity contribution in [2.24, 2.45) is 16.7 Å². The first-order valence-corrected chi connectivity index (χ1v) is 8.27. The van der Waals surface area contributed by atoms with Gasteiger partial charge in [-0.2, -0.15) is 0 Å². The topological polar surface area (TPSA) is 46.5 Å². The summed E-state index contributed by atoms with van der Waals surface area (Å²) in [6.45, 7) is 2.41. The Morgan fingerprint density at radius 2 is 1.58 bits per heavy atom. The second-order valence-corrected chi connectivity index (χ2v) is 7.76. The SMILES string of the molecule is COCc1c(F)c(F)c(C[C@@]2(C(=O)O)[C@@H](C=C(Cl)Cl)C2(C)C)c(F)c1F. The van der Waals surface area contributed by atoms with Crippen molar-refractivity contribution in [2.75, 3.05) is 7.11 Å². The Labute approximate surface area is 157 Å². The van der Waals surface area contributed by atoms with Gasteiger partial charge in [0.15, 0.2) is 23.3 Å². The second-order valence-electron chi connectivity index (χ2n) is 6.76. The van der Waals surface area contributed by atoms with Crippen LogP contribution in [0.2, 0.25) is 0 Å². The van der Waals surface area contributed by atoms with Gasteiger partial charge in [0.05, 0.1) is 17.6 Å². The molecule has 0 heterocycles. The molecule has 1 fully saturated rings. The van der Waals surface area contributed by atoms with Crippen LogP contribution < -0.4 is 0 Å². The third-order valence-corrected chi connectivity index (χ3v) is 5.49. The summed E-state index contributed by atoms with van der Waals surface area (Å²) in [5, 5.41) is 9.68. The molecule has 144 valence electrons. The van der Waals surface area contributed by atoms with Crippen LogP contribution in [0.5, 0.6) is 0 Å². The van der Waals surface area contributed by atoms with Gasteiger partial charge >= 0.3 is 5.97 Å². The minimum atomic E-state index is -1.72. The Morgan fingerprint density at radius 3 is 1.96 bits per heavy atom. The third-order valence-electron chi connectivity index (χ3n) is 5.24. The smallest absolute Gasteiger partial charge is 0.311 e. The number of ether oxygens (including phenoxy) is 1. The first-order valence-electron chi connectivity index (χ1n) is 7.52. The van der Waals surface area contributed by atoms with Gasteiger partial charge in [0.2, 0.25) is 0 Å². The number of halogens is 6. The lowest BCUT2D eigenvalue weighted by molar-refractivity contribution is -0.145. The standard InChI is InChI=1S/C17H16Cl2F4O3/c1-16(2)9(4-10(18)19)17(16,15(24)25)5-7-11(20)13(22)8(6-26-3)14(23)12(7)21/h4,9H,5-6H2,1-3H3,(H,24,25)/t9-,17-/m0/s1. The summed E-state index contributed by atoms with van der Waals surface area (Å²) in [5.74, 6) is -8.65. The Morgan fingerprint density at radius 1 is 1.12 bits per heavy atom. The number of allylic oxidation sites excluding steroid dienone is 1. The molecule has 1 aliphatic carbocycles. The Bertz CT molecular complexity index is 762. The first kappa shape index (κ1) is 21.0. The molecule has 1 aromatic rings. The zero-order chi connectivity index (χ0) is 20.0. The van der Waals surface area contributed by atoms with E-state index in [1.54, 1.807) is 13.8 Å². The van der Waals surface area contributed by atoms with Gasteiger partial charge in [0.25, 0.3) is 0 Å². The zero-order valence-corrected chi connectivity index (χ0v) is 15.6. The van der Waals surface area contributed by atoms with Crippen LogP contribution in [0.3, 0.4) is 0 Å². The lowest BCUT2D eigenvalue weighted by Crippen LogP contribution is -2.26. The van der Waals surface area contributed by atoms with Crippen LogP contribution in [0.15, 0.2) is 10.6 Å². The maximum absolute atomic E-state index is 14.4. The molecule has 0 bridgehead atoms. The minimum absolute atomic E-state index is 0.208. The van der Waals surface area contributed by atoms with Gasteiger partial charge in [-0.25, -0.2) is 17.6 Å². The maximum Gasteiger partial charge on any atom is 0.311 e. The van der Waals surface area contributed by atoms with Gasteiger partial charge in [-0.1, -0.05) is 37.0 Å². The summed E-state index contributed by atoms with van der Waals surface area (Å²) >= 11 is 11.2. The van der Waals surface area contributed by atoms with Gasteiger partial charge in [-0.05, 0) is 17.9 Å². The average molecular weight is 415 g/mol. The van der Waals surface area contributed by atoms with E-state index >= 15 is 0 Å². The van der Waals surface area contributed by atoms with E-state index in [0.717, 1.165) is 7.11 Å². The first-order chi connectivity index (χ1) is 11.9. The fourth-order valence-electron chi connectivity index (χ4n) is 3.62. The van der Waals surface area contributed by atoms with Crippen molar-refractivity contribution in [3.63, 3.8) is 0 Å². The summed E-state index contributed by atoms with van der Waals surface area (Å²) < 4.78 is 61.4. The fraction of sp³-hybridized carbons (Fsp3) is 0.471. The molecule has 0 amide bonds. The normalized spacial score (nSPS) is 23.7. The van der Waals surface area contributed by atoms with Crippen molar-refractivity contribution in [1.82, 2.24) is 0 Å². The number of aliphatic carboxylic acids is 1. The number of rotatable bonds is 6. The molecular weight excluding hydrogens is 399 g/mol. The monoisotopic (exact) mass is 414 g/mol. The van der Waals surface area contributed by atoms with Crippen molar-refractivity contribution in [3.05, 3.63) is 45.0 Å². The van der Waals surface area contributed by atoms with Crippen molar-refractivity contribution >= 4 is 29.2 Å². The van der Waals surface area contributed by atoms with Crippen LogP contribution in [0.1, 0.15) is 25.0 Å². The second kappa shape index (κ2) is 7.02. The van der Waals surface area contributed by atoms with E-state index in [-0.39, 0.29) is 4.49 Å². The number of methoxy groups -OCH3 is 1. The van der Waals surface area contributed by atoms with Crippen molar-refractivity contribution < 1.29 is 32.2 Å². The largest absolute Gasteiger partial charge is 0.481 e. The summed E-state index contributed by atoms with van der Waals surface area (Å²) in [7, 11) is 1.11. The molecule has 0 unspecified atom stereocenters. The van der Waals surface area contributed by atoms with E-state index in [4.69, 9.17) is 23.2 Å². The molecule has 26 heavy (non-hydrogen) atoms. The predicted octanol–water partition coefficient (Wildman–Crippen LogP) is 4.98. The summed E-state index contributed by atoms with van der Waals surface area (Å²) in [6, 6.07) is 0. The van der Waals surface area contributed by atoms with Gasteiger partial charge < -0.3 is 9.84 Å². The molecule has 1 saturated carbocycles. The molecule has 3 nitrogen and oxygen atoms in total. The zero-order valence-electron chi connectivity index (χ0n) is 14.1. The van der Waals surface area contributed by atoms with Crippen LogP contribution in [0, 0.1) is 40.0 Å². The van der Waals surface area contributed by atoms with Crippen molar-refractivity contribution in [3.8, 4) is 0 Å². The lowest BCUT2D eigenvalue weighted by Gasteiger charge is -2.18. The summed E-state index contributed by atoms with van der Waals surface area (Å²) in [5.41, 5.74) is -4.58. The molecule has 0 aromatic heterocycles. The number of benzene rings is 1. The molecule has 2 atom stereocenters. The third kappa shape index (κ3) is 3.00. The maximum atomic E-state index is 14.4. The molecule has 2 rings (SSSR count). The highest BCUT2D eigenvalue weighted by Crippen LogP contribution is 2.71. The van der Waals surface area contributed by atoms with Crippen LogP contribution in [-0.4, -0.2) is 18.2 Å². The fourth-order valence-corrected chi connectivity index (χ4v) is 3.87. The van der Waals surface area contributed by atoms with E-state index in [9.17, 15) is 27.5 Å². The van der Waals surface area contributed by atoms with E-state index in [0.29, 0.717) is 0 Å². The van der Waals surface area contributed by atoms with E-state index < -0.39 is 70.1 Å². The lowest BCUT2D eigenvalue weighted by atomic mass is 9.87. The Balaban J connectivity index is 2.60. The number of hydrogen-bond donors (Lipinski definition) is 1. The van der Waals surface area contributed by atoms with Crippen LogP contribution in [-0.2, 0) is 22.6 Å². The van der Waals surface area contributed by atoms with E-state index in [2.05, 4.69) is 4.74 Å². The van der Waals surface area contributed by atoms with Crippen LogP contribution >= 0.6 is 23.2 Å². The molecular formula is C17H16Cl2F4O3. The highest BCUT2D eigenvalue weighted by molar-refractivity contribution is 6.55.